The predicted molar refractivity (Wildman–Crippen MR) is 123 cm³/mol. The Kier molecular flexibility index (Phi) is 9.86. The number of ether oxygens (including phenoxy) is 1. The zero-order chi connectivity index (χ0) is 18.2. The quantitative estimate of drug-likeness (QED) is 0.381. The largest absolute Gasteiger partial charge is 0.381 e. The molecule has 2 fully saturated rings. The fourth-order valence-electron chi connectivity index (χ4n) is 4.11. The maximum Gasteiger partial charge on any atom is 0.193 e. The number of nitrogens with one attached hydrogen (secondary N) is 1. The van der Waals surface area contributed by atoms with Gasteiger partial charge in [0.2, 0.25) is 0 Å². The number of halogens is 1. The summed E-state index contributed by atoms with van der Waals surface area (Å²) in [7, 11) is 4.02. The molecule has 2 atom stereocenters. The van der Waals surface area contributed by atoms with E-state index in [1.165, 1.54) is 31.4 Å². The summed E-state index contributed by atoms with van der Waals surface area (Å²) in [6.45, 7) is 6.00. The van der Waals surface area contributed by atoms with Gasteiger partial charge in [-0.1, -0.05) is 36.8 Å². The molecule has 2 unspecified atom stereocenters. The van der Waals surface area contributed by atoms with Gasteiger partial charge in [0.05, 0.1) is 6.61 Å². The molecule has 2 heterocycles. The molecule has 0 bridgehead atoms. The number of piperidine rings is 1. The zero-order valence-electron chi connectivity index (χ0n) is 16.8. The molecule has 0 radical (unpaired) electrons. The van der Waals surface area contributed by atoms with E-state index in [2.05, 4.69) is 57.5 Å². The third kappa shape index (κ3) is 6.91. The van der Waals surface area contributed by atoms with Crippen molar-refractivity contribution in [3.8, 4) is 0 Å². The van der Waals surface area contributed by atoms with Gasteiger partial charge in [0.15, 0.2) is 5.96 Å². The fourth-order valence-corrected chi connectivity index (χ4v) is 4.11. The van der Waals surface area contributed by atoms with Crippen LogP contribution in [0, 0.1) is 5.92 Å². The van der Waals surface area contributed by atoms with Gasteiger partial charge in [-0.2, -0.15) is 0 Å². The van der Waals surface area contributed by atoms with E-state index in [9.17, 15) is 0 Å². The summed E-state index contributed by atoms with van der Waals surface area (Å²) in [5, 5.41) is 3.62. The van der Waals surface area contributed by atoms with Crippen molar-refractivity contribution in [2.24, 2.45) is 10.9 Å². The van der Waals surface area contributed by atoms with Crippen LogP contribution in [0.15, 0.2) is 35.3 Å². The SMILES string of the molecule is CN=C(NCC1CCCCN1Cc1ccccc1)N(C)CC1CCOC1.I. The molecule has 6 heteroatoms. The first-order chi connectivity index (χ1) is 12.8. The normalized spacial score (nSPS) is 23.7. The standard InChI is InChI=1S/C21H34N4O.HI/c1-22-21(24(2)15-19-11-13-26-17-19)23-14-20-10-6-7-12-25(20)16-18-8-4-3-5-9-18;/h3-5,8-9,19-20H,6-7,10-17H2,1-2H3,(H,22,23);1H. The van der Waals surface area contributed by atoms with Crippen LogP contribution in [0.3, 0.4) is 0 Å². The molecule has 2 aliphatic rings. The predicted octanol–water partition coefficient (Wildman–Crippen LogP) is 3.20. The van der Waals surface area contributed by atoms with E-state index in [0.29, 0.717) is 12.0 Å². The second-order valence-electron chi connectivity index (χ2n) is 7.64. The Bertz CT molecular complexity index is 563. The zero-order valence-corrected chi connectivity index (χ0v) is 19.1. The Morgan fingerprint density at radius 1 is 1.26 bits per heavy atom. The lowest BCUT2D eigenvalue weighted by atomic mass is 10.0. The number of benzene rings is 1. The van der Waals surface area contributed by atoms with Gasteiger partial charge in [0.1, 0.15) is 0 Å². The van der Waals surface area contributed by atoms with E-state index in [1.807, 2.05) is 7.05 Å². The molecule has 152 valence electrons. The average Bonchev–Trinajstić information content (AvgIpc) is 3.17. The number of hydrogen-bond acceptors (Lipinski definition) is 3. The Labute approximate surface area is 181 Å². The highest BCUT2D eigenvalue weighted by atomic mass is 127. The van der Waals surface area contributed by atoms with E-state index in [1.54, 1.807) is 0 Å². The van der Waals surface area contributed by atoms with Crippen LogP contribution >= 0.6 is 24.0 Å². The minimum Gasteiger partial charge on any atom is -0.381 e. The minimum atomic E-state index is 0. The number of likely N-dealkylation sites (tertiary alicyclic amines) is 1. The molecule has 0 aromatic heterocycles. The summed E-state index contributed by atoms with van der Waals surface area (Å²) in [5.41, 5.74) is 1.40. The highest BCUT2D eigenvalue weighted by Crippen LogP contribution is 2.19. The molecule has 3 rings (SSSR count). The van der Waals surface area contributed by atoms with Crippen LogP contribution < -0.4 is 5.32 Å². The van der Waals surface area contributed by atoms with Crippen molar-refractivity contribution in [2.75, 3.05) is 46.9 Å². The van der Waals surface area contributed by atoms with E-state index in [0.717, 1.165) is 45.2 Å². The fraction of sp³-hybridized carbons (Fsp3) is 0.667. The smallest absolute Gasteiger partial charge is 0.193 e. The average molecular weight is 486 g/mol. The number of aliphatic imine (C=N–C) groups is 1. The minimum absolute atomic E-state index is 0. The Hall–Kier alpha value is -0.860. The van der Waals surface area contributed by atoms with Gasteiger partial charge in [-0.15, -0.1) is 24.0 Å². The maximum atomic E-state index is 5.50. The molecular formula is C21H35IN4O. The molecule has 0 aliphatic carbocycles. The van der Waals surface area contributed by atoms with Crippen molar-refractivity contribution in [1.82, 2.24) is 15.1 Å². The van der Waals surface area contributed by atoms with Gasteiger partial charge < -0.3 is 15.0 Å². The summed E-state index contributed by atoms with van der Waals surface area (Å²) in [5.74, 6) is 1.63. The van der Waals surface area contributed by atoms with Crippen LogP contribution in [-0.2, 0) is 11.3 Å². The van der Waals surface area contributed by atoms with Crippen LogP contribution in [0.4, 0.5) is 0 Å². The lowest BCUT2D eigenvalue weighted by molar-refractivity contribution is 0.140. The van der Waals surface area contributed by atoms with Crippen LogP contribution in [0.25, 0.3) is 0 Å². The molecule has 1 N–H and O–H groups in total. The molecule has 2 aliphatic heterocycles. The van der Waals surface area contributed by atoms with Crippen molar-refractivity contribution in [3.05, 3.63) is 35.9 Å². The summed E-state index contributed by atoms with van der Waals surface area (Å²) in [6.07, 6.45) is 5.05. The van der Waals surface area contributed by atoms with Crippen molar-refractivity contribution >= 4 is 29.9 Å². The van der Waals surface area contributed by atoms with Crippen LogP contribution in [0.1, 0.15) is 31.2 Å². The van der Waals surface area contributed by atoms with E-state index in [-0.39, 0.29) is 24.0 Å². The molecule has 1 aromatic rings. The van der Waals surface area contributed by atoms with Crippen molar-refractivity contribution in [3.63, 3.8) is 0 Å². The summed E-state index contributed by atoms with van der Waals surface area (Å²) < 4.78 is 5.50. The first-order valence-corrected chi connectivity index (χ1v) is 10.0. The van der Waals surface area contributed by atoms with Gasteiger partial charge in [0, 0.05) is 52.3 Å². The first-order valence-electron chi connectivity index (χ1n) is 10.0. The van der Waals surface area contributed by atoms with Crippen LogP contribution in [0.5, 0.6) is 0 Å². The first kappa shape index (κ1) is 22.4. The second-order valence-corrected chi connectivity index (χ2v) is 7.64. The van der Waals surface area contributed by atoms with E-state index >= 15 is 0 Å². The van der Waals surface area contributed by atoms with Gasteiger partial charge >= 0.3 is 0 Å². The van der Waals surface area contributed by atoms with Gasteiger partial charge in [-0.05, 0) is 31.4 Å². The maximum absolute atomic E-state index is 5.50. The molecular weight excluding hydrogens is 451 g/mol. The molecule has 2 saturated heterocycles. The summed E-state index contributed by atoms with van der Waals surface area (Å²) in [4.78, 5) is 9.38. The number of hydrogen-bond donors (Lipinski definition) is 1. The lowest BCUT2D eigenvalue weighted by Crippen LogP contribution is -2.49. The van der Waals surface area contributed by atoms with Crippen molar-refractivity contribution in [2.45, 2.75) is 38.3 Å². The number of guanidine groups is 1. The Morgan fingerprint density at radius 3 is 2.78 bits per heavy atom. The summed E-state index contributed by atoms with van der Waals surface area (Å²) >= 11 is 0. The molecule has 1 aromatic carbocycles. The highest BCUT2D eigenvalue weighted by Gasteiger charge is 2.24. The van der Waals surface area contributed by atoms with E-state index < -0.39 is 0 Å². The van der Waals surface area contributed by atoms with Gasteiger partial charge in [0.25, 0.3) is 0 Å². The number of rotatable bonds is 6. The monoisotopic (exact) mass is 486 g/mol. The lowest BCUT2D eigenvalue weighted by Gasteiger charge is -2.36. The molecule has 0 spiro atoms. The molecule has 5 nitrogen and oxygen atoms in total. The van der Waals surface area contributed by atoms with E-state index in [4.69, 9.17) is 4.74 Å². The Balaban J connectivity index is 0.00000261. The third-order valence-electron chi connectivity index (χ3n) is 5.60. The van der Waals surface area contributed by atoms with Gasteiger partial charge in [-0.25, -0.2) is 0 Å². The molecule has 27 heavy (non-hydrogen) atoms. The number of nitrogens with zero attached hydrogens (tertiary/aromatic N) is 3. The van der Waals surface area contributed by atoms with Gasteiger partial charge in [-0.3, -0.25) is 9.89 Å². The van der Waals surface area contributed by atoms with Crippen molar-refractivity contribution in [1.29, 1.82) is 0 Å². The third-order valence-corrected chi connectivity index (χ3v) is 5.60. The van der Waals surface area contributed by atoms with Crippen molar-refractivity contribution < 1.29 is 4.74 Å². The Morgan fingerprint density at radius 2 is 2.07 bits per heavy atom. The van der Waals surface area contributed by atoms with Crippen LogP contribution in [0.2, 0.25) is 0 Å². The topological polar surface area (TPSA) is 40.1 Å². The summed E-state index contributed by atoms with van der Waals surface area (Å²) in [6, 6.07) is 11.4. The molecule has 0 amide bonds. The molecule has 0 saturated carbocycles. The van der Waals surface area contributed by atoms with Crippen LogP contribution in [-0.4, -0.2) is 68.7 Å². The highest BCUT2D eigenvalue weighted by molar-refractivity contribution is 14.0. The second kappa shape index (κ2) is 11.9.